The summed E-state index contributed by atoms with van der Waals surface area (Å²) in [6, 6.07) is 6.50. The molecule has 1 aliphatic rings. The Labute approximate surface area is 121 Å². The van der Waals surface area contributed by atoms with Crippen molar-refractivity contribution in [3.8, 4) is 0 Å². The molecular formula is C13H16BrCl2N. The van der Waals surface area contributed by atoms with E-state index in [0.29, 0.717) is 16.1 Å². The van der Waals surface area contributed by atoms with E-state index >= 15 is 0 Å². The molecule has 4 heteroatoms. The third kappa shape index (κ3) is 3.37. The number of hydrogen-bond donors (Lipinski definition) is 0. The van der Waals surface area contributed by atoms with Crippen LogP contribution in [0, 0.1) is 0 Å². The van der Waals surface area contributed by atoms with Crippen molar-refractivity contribution in [2.24, 2.45) is 0 Å². The average Bonchev–Trinajstić information content (AvgIpc) is 2.35. The minimum Gasteiger partial charge on any atom is -0.295 e. The molecule has 1 aromatic carbocycles. The van der Waals surface area contributed by atoms with Gasteiger partial charge in [0.2, 0.25) is 0 Å². The number of piperidine rings is 1. The van der Waals surface area contributed by atoms with Gasteiger partial charge in [0.1, 0.15) is 0 Å². The van der Waals surface area contributed by atoms with E-state index in [1.54, 1.807) is 0 Å². The van der Waals surface area contributed by atoms with Gasteiger partial charge in [0.25, 0.3) is 0 Å². The van der Waals surface area contributed by atoms with E-state index < -0.39 is 0 Å². The summed E-state index contributed by atoms with van der Waals surface area (Å²) in [4.78, 5) is 2.50. The van der Waals surface area contributed by atoms with Crippen molar-refractivity contribution in [3.63, 3.8) is 0 Å². The van der Waals surface area contributed by atoms with Crippen LogP contribution in [0.2, 0.25) is 10.0 Å². The van der Waals surface area contributed by atoms with Crippen molar-refractivity contribution in [2.75, 3.05) is 11.9 Å². The molecule has 94 valence electrons. The number of alkyl halides is 1. The highest BCUT2D eigenvalue weighted by atomic mass is 79.9. The normalized spacial score (nSPS) is 21.7. The second-order valence-electron chi connectivity index (χ2n) is 4.49. The summed E-state index contributed by atoms with van der Waals surface area (Å²) in [6.45, 7) is 2.05. The monoisotopic (exact) mass is 335 g/mol. The Bertz CT molecular complexity index is 384. The highest BCUT2D eigenvalue weighted by Crippen LogP contribution is 2.28. The first kappa shape index (κ1) is 13.7. The molecule has 0 amide bonds. The smallest absolute Gasteiger partial charge is 0.0637 e. The average molecular weight is 337 g/mol. The van der Waals surface area contributed by atoms with E-state index in [-0.39, 0.29) is 0 Å². The van der Waals surface area contributed by atoms with Crippen LogP contribution in [0.25, 0.3) is 0 Å². The molecule has 1 aromatic rings. The highest BCUT2D eigenvalue weighted by Gasteiger charge is 2.22. The van der Waals surface area contributed by atoms with Crippen molar-refractivity contribution in [2.45, 2.75) is 31.8 Å². The van der Waals surface area contributed by atoms with Crippen LogP contribution in [0.5, 0.6) is 0 Å². The summed E-state index contributed by atoms with van der Waals surface area (Å²) in [6.07, 6.45) is 3.88. The van der Waals surface area contributed by atoms with E-state index in [9.17, 15) is 0 Å². The third-order valence-electron chi connectivity index (χ3n) is 3.33. The molecule has 1 unspecified atom stereocenters. The minimum absolute atomic E-state index is 0.624. The molecule has 0 saturated carbocycles. The SMILES string of the molecule is Clc1cccc(CN2CCCCC2CBr)c1Cl. The van der Waals surface area contributed by atoms with Gasteiger partial charge in [0.15, 0.2) is 0 Å². The number of rotatable bonds is 3. The molecule has 0 aromatic heterocycles. The second-order valence-corrected chi connectivity index (χ2v) is 5.92. The van der Waals surface area contributed by atoms with Crippen LogP contribution in [0.15, 0.2) is 18.2 Å². The zero-order valence-corrected chi connectivity index (χ0v) is 12.7. The van der Waals surface area contributed by atoms with Gasteiger partial charge < -0.3 is 0 Å². The van der Waals surface area contributed by atoms with Gasteiger partial charge in [-0.25, -0.2) is 0 Å². The van der Waals surface area contributed by atoms with Crippen LogP contribution >= 0.6 is 39.1 Å². The van der Waals surface area contributed by atoms with Gasteiger partial charge in [-0.15, -0.1) is 0 Å². The summed E-state index contributed by atoms with van der Waals surface area (Å²) in [5, 5.41) is 2.38. The first-order valence-electron chi connectivity index (χ1n) is 5.95. The van der Waals surface area contributed by atoms with Crippen LogP contribution in [-0.2, 0) is 6.54 Å². The van der Waals surface area contributed by atoms with E-state index in [1.807, 2.05) is 12.1 Å². The fraction of sp³-hybridized carbons (Fsp3) is 0.538. The summed E-state index contributed by atoms with van der Waals surface area (Å²) >= 11 is 15.9. The van der Waals surface area contributed by atoms with E-state index in [0.717, 1.165) is 24.0 Å². The van der Waals surface area contributed by atoms with Crippen LogP contribution in [-0.4, -0.2) is 22.8 Å². The largest absolute Gasteiger partial charge is 0.295 e. The Balaban J connectivity index is 2.11. The van der Waals surface area contributed by atoms with Crippen molar-refractivity contribution in [3.05, 3.63) is 33.8 Å². The maximum Gasteiger partial charge on any atom is 0.0637 e. The predicted octanol–water partition coefficient (Wildman–Crippen LogP) is 4.74. The van der Waals surface area contributed by atoms with Crippen LogP contribution in [0.3, 0.4) is 0 Å². The molecule has 0 bridgehead atoms. The fourth-order valence-corrected chi connectivity index (χ4v) is 3.45. The van der Waals surface area contributed by atoms with Crippen LogP contribution in [0.4, 0.5) is 0 Å². The van der Waals surface area contributed by atoms with Gasteiger partial charge in [0, 0.05) is 17.9 Å². The number of halogens is 3. The molecule has 0 aliphatic carbocycles. The van der Waals surface area contributed by atoms with Gasteiger partial charge in [-0.05, 0) is 31.0 Å². The number of hydrogen-bond acceptors (Lipinski definition) is 1. The van der Waals surface area contributed by atoms with Gasteiger partial charge in [0.05, 0.1) is 10.0 Å². The zero-order chi connectivity index (χ0) is 12.3. The Morgan fingerprint density at radius 2 is 2.12 bits per heavy atom. The van der Waals surface area contributed by atoms with Crippen LogP contribution < -0.4 is 0 Å². The first-order valence-corrected chi connectivity index (χ1v) is 7.83. The van der Waals surface area contributed by atoms with Crippen LogP contribution in [0.1, 0.15) is 24.8 Å². The number of likely N-dealkylation sites (tertiary alicyclic amines) is 1. The Hall–Kier alpha value is 0.240. The lowest BCUT2D eigenvalue weighted by Gasteiger charge is -2.34. The first-order chi connectivity index (χ1) is 8.22. The van der Waals surface area contributed by atoms with E-state index in [2.05, 4.69) is 26.9 Å². The molecule has 0 N–H and O–H groups in total. The molecule has 1 saturated heterocycles. The van der Waals surface area contributed by atoms with E-state index in [1.165, 1.54) is 19.3 Å². The molecule has 1 atom stereocenters. The summed E-state index contributed by atoms with van der Waals surface area (Å²) in [5.74, 6) is 0. The zero-order valence-electron chi connectivity index (χ0n) is 9.63. The quantitative estimate of drug-likeness (QED) is 0.720. The molecule has 1 fully saturated rings. The van der Waals surface area contributed by atoms with Gasteiger partial charge in [-0.1, -0.05) is 57.7 Å². The maximum atomic E-state index is 6.23. The lowest BCUT2D eigenvalue weighted by molar-refractivity contribution is 0.157. The molecule has 17 heavy (non-hydrogen) atoms. The van der Waals surface area contributed by atoms with Gasteiger partial charge in [-0.3, -0.25) is 4.90 Å². The Morgan fingerprint density at radius 1 is 1.29 bits per heavy atom. The summed E-state index contributed by atoms with van der Waals surface area (Å²) < 4.78 is 0. The summed E-state index contributed by atoms with van der Waals surface area (Å²) in [7, 11) is 0. The minimum atomic E-state index is 0.624. The number of nitrogens with zero attached hydrogens (tertiary/aromatic N) is 1. The van der Waals surface area contributed by atoms with Gasteiger partial charge >= 0.3 is 0 Å². The van der Waals surface area contributed by atoms with Crippen molar-refractivity contribution in [1.29, 1.82) is 0 Å². The topological polar surface area (TPSA) is 3.24 Å². The Kier molecular flexibility index (Phi) is 5.16. The Morgan fingerprint density at radius 3 is 2.88 bits per heavy atom. The van der Waals surface area contributed by atoms with Crippen molar-refractivity contribution < 1.29 is 0 Å². The molecule has 2 rings (SSSR count). The van der Waals surface area contributed by atoms with Crippen molar-refractivity contribution >= 4 is 39.1 Å². The third-order valence-corrected chi connectivity index (χ3v) is 4.94. The summed E-state index contributed by atoms with van der Waals surface area (Å²) in [5.41, 5.74) is 1.13. The lowest BCUT2D eigenvalue weighted by atomic mass is 10.0. The lowest BCUT2D eigenvalue weighted by Crippen LogP contribution is -2.39. The van der Waals surface area contributed by atoms with E-state index in [4.69, 9.17) is 23.2 Å². The standard InChI is InChI=1S/C13H16BrCl2N/c14-8-11-5-1-2-7-17(11)9-10-4-3-6-12(15)13(10)16/h3-4,6,11H,1-2,5,7-9H2. The molecule has 1 aliphatic heterocycles. The molecule has 1 nitrogen and oxygen atoms in total. The molecule has 0 radical (unpaired) electrons. The second kappa shape index (κ2) is 6.42. The molecule has 1 heterocycles. The molecule has 0 spiro atoms. The molecular weight excluding hydrogens is 321 g/mol. The van der Waals surface area contributed by atoms with Crippen molar-refractivity contribution in [1.82, 2.24) is 4.90 Å². The van der Waals surface area contributed by atoms with Gasteiger partial charge in [-0.2, -0.15) is 0 Å². The maximum absolute atomic E-state index is 6.23. The number of benzene rings is 1. The highest BCUT2D eigenvalue weighted by molar-refractivity contribution is 9.09. The predicted molar refractivity (Wildman–Crippen MR) is 78.3 cm³/mol. The fourth-order valence-electron chi connectivity index (χ4n) is 2.33.